The Hall–Kier alpha value is -1.48. The van der Waals surface area contributed by atoms with Crippen LogP contribution in [0.5, 0.6) is 0 Å². The number of nitriles is 1. The SMILES string of the molecule is CCCS(=O)(=O)Cc1c(F)ccc(F)c1C#N. The molecule has 0 heterocycles. The van der Waals surface area contributed by atoms with Gasteiger partial charge in [0.05, 0.1) is 17.1 Å². The highest BCUT2D eigenvalue weighted by Gasteiger charge is 2.20. The Morgan fingerprint density at radius 3 is 2.41 bits per heavy atom. The van der Waals surface area contributed by atoms with Gasteiger partial charge in [0, 0.05) is 5.56 Å². The van der Waals surface area contributed by atoms with E-state index in [0.717, 1.165) is 12.1 Å². The second-order valence-electron chi connectivity index (χ2n) is 3.59. The maximum absolute atomic E-state index is 13.4. The number of nitrogens with zero attached hydrogens (tertiary/aromatic N) is 1. The molecular formula is C11H11F2NO2S. The predicted octanol–water partition coefficient (Wildman–Crippen LogP) is 2.16. The van der Waals surface area contributed by atoms with Crippen LogP contribution in [-0.2, 0) is 15.6 Å². The van der Waals surface area contributed by atoms with Crippen LogP contribution in [0.4, 0.5) is 8.78 Å². The minimum atomic E-state index is -3.51. The number of hydrogen-bond donors (Lipinski definition) is 0. The summed E-state index contributed by atoms with van der Waals surface area (Å²) in [4.78, 5) is 0. The van der Waals surface area contributed by atoms with Crippen molar-refractivity contribution < 1.29 is 17.2 Å². The van der Waals surface area contributed by atoms with Gasteiger partial charge >= 0.3 is 0 Å². The quantitative estimate of drug-likeness (QED) is 0.832. The number of rotatable bonds is 4. The van der Waals surface area contributed by atoms with E-state index in [2.05, 4.69) is 0 Å². The highest BCUT2D eigenvalue weighted by Crippen LogP contribution is 2.19. The summed E-state index contributed by atoms with van der Waals surface area (Å²) >= 11 is 0. The summed E-state index contributed by atoms with van der Waals surface area (Å²) in [5.41, 5.74) is -0.925. The van der Waals surface area contributed by atoms with Crippen molar-refractivity contribution in [3.63, 3.8) is 0 Å². The molecule has 0 aliphatic carbocycles. The highest BCUT2D eigenvalue weighted by molar-refractivity contribution is 7.90. The van der Waals surface area contributed by atoms with E-state index in [-0.39, 0.29) is 11.3 Å². The van der Waals surface area contributed by atoms with Gasteiger partial charge < -0.3 is 0 Å². The monoisotopic (exact) mass is 259 g/mol. The normalized spacial score (nSPS) is 11.2. The van der Waals surface area contributed by atoms with Gasteiger partial charge in [0.25, 0.3) is 0 Å². The standard InChI is InChI=1S/C11H11F2NO2S/c1-2-5-17(15,16)7-9-8(6-14)10(12)3-4-11(9)13/h3-4H,2,5,7H2,1H3. The van der Waals surface area contributed by atoms with Gasteiger partial charge in [0.2, 0.25) is 0 Å². The van der Waals surface area contributed by atoms with E-state index in [1.807, 2.05) is 0 Å². The number of sulfone groups is 1. The van der Waals surface area contributed by atoms with E-state index in [4.69, 9.17) is 5.26 Å². The number of benzene rings is 1. The first-order chi connectivity index (χ1) is 7.91. The van der Waals surface area contributed by atoms with Crippen LogP contribution in [0.2, 0.25) is 0 Å². The van der Waals surface area contributed by atoms with Crippen LogP contribution in [0.25, 0.3) is 0 Å². The molecule has 0 amide bonds. The molecule has 1 aromatic carbocycles. The van der Waals surface area contributed by atoms with Crippen LogP contribution < -0.4 is 0 Å². The molecule has 92 valence electrons. The van der Waals surface area contributed by atoms with E-state index >= 15 is 0 Å². The van der Waals surface area contributed by atoms with E-state index in [1.54, 1.807) is 6.92 Å². The lowest BCUT2D eigenvalue weighted by Crippen LogP contribution is -2.12. The van der Waals surface area contributed by atoms with E-state index in [9.17, 15) is 17.2 Å². The van der Waals surface area contributed by atoms with Crippen molar-refractivity contribution in [2.45, 2.75) is 19.1 Å². The first kappa shape index (κ1) is 13.6. The van der Waals surface area contributed by atoms with Crippen LogP contribution in [0.3, 0.4) is 0 Å². The molecule has 1 rings (SSSR count). The van der Waals surface area contributed by atoms with E-state index in [1.165, 1.54) is 6.07 Å². The Labute approximate surface area is 98.6 Å². The Balaban J connectivity index is 3.24. The molecule has 6 heteroatoms. The zero-order valence-electron chi connectivity index (χ0n) is 9.20. The number of halogens is 2. The summed E-state index contributed by atoms with van der Waals surface area (Å²) in [6.07, 6.45) is 0.390. The first-order valence-corrected chi connectivity index (χ1v) is 6.80. The van der Waals surface area contributed by atoms with Gasteiger partial charge in [0.1, 0.15) is 17.7 Å². The Morgan fingerprint density at radius 1 is 1.29 bits per heavy atom. The molecule has 0 saturated heterocycles. The minimum Gasteiger partial charge on any atom is -0.228 e. The zero-order chi connectivity index (χ0) is 13.1. The van der Waals surface area contributed by atoms with Crippen molar-refractivity contribution in [2.24, 2.45) is 0 Å². The van der Waals surface area contributed by atoms with E-state index in [0.29, 0.717) is 6.42 Å². The first-order valence-electron chi connectivity index (χ1n) is 4.98. The topological polar surface area (TPSA) is 57.9 Å². The third-order valence-electron chi connectivity index (χ3n) is 2.20. The molecule has 1 aromatic rings. The van der Waals surface area contributed by atoms with Gasteiger partial charge in [-0.1, -0.05) is 6.92 Å². The van der Waals surface area contributed by atoms with Crippen molar-refractivity contribution in [2.75, 3.05) is 5.75 Å². The molecule has 0 fully saturated rings. The van der Waals surface area contributed by atoms with Gasteiger partial charge in [-0.3, -0.25) is 0 Å². The van der Waals surface area contributed by atoms with Crippen LogP contribution in [0.1, 0.15) is 24.5 Å². The predicted molar refractivity (Wildman–Crippen MR) is 58.9 cm³/mol. The van der Waals surface area contributed by atoms with E-state index < -0.39 is 32.8 Å². The van der Waals surface area contributed by atoms with Gasteiger partial charge in [-0.2, -0.15) is 5.26 Å². The lowest BCUT2D eigenvalue weighted by Gasteiger charge is -2.07. The molecule has 0 bridgehead atoms. The molecule has 0 aliphatic rings. The van der Waals surface area contributed by atoms with Crippen LogP contribution in [0, 0.1) is 23.0 Å². The summed E-state index contributed by atoms with van der Waals surface area (Å²) in [6.45, 7) is 1.67. The summed E-state index contributed by atoms with van der Waals surface area (Å²) < 4.78 is 49.7. The fourth-order valence-corrected chi connectivity index (χ4v) is 2.95. The minimum absolute atomic E-state index is 0.117. The summed E-state index contributed by atoms with van der Waals surface area (Å²) in [5, 5.41) is 8.70. The third-order valence-corrected chi connectivity index (χ3v) is 3.95. The Kier molecular flexibility index (Phi) is 4.18. The summed E-state index contributed by atoms with van der Waals surface area (Å²) in [6, 6.07) is 3.13. The summed E-state index contributed by atoms with van der Waals surface area (Å²) in [7, 11) is -3.51. The summed E-state index contributed by atoms with van der Waals surface area (Å²) in [5.74, 6) is -2.54. The van der Waals surface area contributed by atoms with Crippen molar-refractivity contribution in [1.82, 2.24) is 0 Å². The molecule has 0 spiro atoms. The zero-order valence-corrected chi connectivity index (χ0v) is 10.0. The molecule has 0 radical (unpaired) electrons. The largest absolute Gasteiger partial charge is 0.228 e. The van der Waals surface area contributed by atoms with Crippen molar-refractivity contribution >= 4 is 9.84 Å². The molecule has 0 saturated carbocycles. The van der Waals surface area contributed by atoms with Crippen LogP contribution >= 0.6 is 0 Å². The third kappa shape index (κ3) is 3.24. The molecule has 0 unspecified atom stereocenters. The Morgan fingerprint density at radius 2 is 1.88 bits per heavy atom. The Bertz CT molecular complexity index is 562. The highest BCUT2D eigenvalue weighted by atomic mass is 32.2. The lowest BCUT2D eigenvalue weighted by atomic mass is 10.1. The van der Waals surface area contributed by atoms with Crippen molar-refractivity contribution in [1.29, 1.82) is 5.26 Å². The van der Waals surface area contributed by atoms with Crippen LogP contribution in [0.15, 0.2) is 12.1 Å². The smallest absolute Gasteiger partial charge is 0.154 e. The van der Waals surface area contributed by atoms with Crippen LogP contribution in [-0.4, -0.2) is 14.2 Å². The molecule has 0 N–H and O–H groups in total. The molecular weight excluding hydrogens is 248 g/mol. The average Bonchev–Trinajstić information content (AvgIpc) is 2.23. The van der Waals surface area contributed by atoms with Gasteiger partial charge in [-0.05, 0) is 18.6 Å². The second kappa shape index (κ2) is 5.23. The maximum atomic E-state index is 13.4. The van der Waals surface area contributed by atoms with Crippen molar-refractivity contribution in [3.8, 4) is 6.07 Å². The molecule has 3 nitrogen and oxygen atoms in total. The number of hydrogen-bond acceptors (Lipinski definition) is 3. The molecule has 0 atom stereocenters. The van der Waals surface area contributed by atoms with Gasteiger partial charge in [-0.15, -0.1) is 0 Å². The van der Waals surface area contributed by atoms with Gasteiger partial charge in [0.15, 0.2) is 9.84 Å². The fourth-order valence-electron chi connectivity index (χ4n) is 1.46. The molecule has 17 heavy (non-hydrogen) atoms. The lowest BCUT2D eigenvalue weighted by molar-refractivity contribution is 0.576. The fraction of sp³-hybridized carbons (Fsp3) is 0.364. The maximum Gasteiger partial charge on any atom is 0.154 e. The average molecular weight is 259 g/mol. The molecule has 0 aromatic heterocycles. The molecule has 0 aliphatic heterocycles. The van der Waals surface area contributed by atoms with Gasteiger partial charge in [-0.25, -0.2) is 17.2 Å². The second-order valence-corrected chi connectivity index (χ2v) is 5.77. The van der Waals surface area contributed by atoms with Crippen molar-refractivity contribution in [3.05, 3.63) is 34.9 Å².